The van der Waals surface area contributed by atoms with Crippen LogP contribution in [0.1, 0.15) is 16.4 Å². The molecule has 1 aromatic heterocycles. The van der Waals surface area contributed by atoms with Crippen LogP contribution in [-0.4, -0.2) is 21.2 Å². The van der Waals surface area contributed by atoms with Crippen LogP contribution in [0.25, 0.3) is 0 Å². The van der Waals surface area contributed by atoms with E-state index in [9.17, 15) is 19.8 Å². The van der Waals surface area contributed by atoms with Gasteiger partial charge in [-0.05, 0) is 11.5 Å². The van der Waals surface area contributed by atoms with Gasteiger partial charge in [-0.15, -0.1) is 0 Å². The molecule has 3 rings (SSSR count). The van der Waals surface area contributed by atoms with Crippen LogP contribution in [0.15, 0.2) is 45.1 Å². The number of benzene rings is 1. The maximum Gasteiger partial charge on any atom is 0.333 e. The van der Waals surface area contributed by atoms with E-state index >= 15 is 0 Å². The van der Waals surface area contributed by atoms with E-state index in [1.807, 2.05) is 0 Å². The molecular weight excluding hydrogens is 298 g/mol. The number of aromatic amines is 1. The zero-order chi connectivity index (χ0) is 14.3. The number of aromatic hydroxyl groups is 1. The summed E-state index contributed by atoms with van der Waals surface area (Å²) in [6.07, 6.45) is 0. The second-order valence-corrected chi connectivity index (χ2v) is 6.09. The number of thioether (sulfide) groups is 1. The number of carbonyl (C=O) groups is 1. The van der Waals surface area contributed by atoms with Crippen LogP contribution < -0.4 is 4.87 Å². The van der Waals surface area contributed by atoms with E-state index in [1.54, 1.807) is 18.2 Å². The first-order valence-corrected chi connectivity index (χ1v) is 7.38. The van der Waals surface area contributed by atoms with E-state index in [1.165, 1.54) is 23.2 Å². The molecule has 0 spiro atoms. The van der Waals surface area contributed by atoms with Gasteiger partial charge >= 0.3 is 10.8 Å². The zero-order valence-corrected chi connectivity index (χ0v) is 11.6. The highest BCUT2D eigenvalue weighted by Gasteiger charge is 2.33. The maximum absolute atomic E-state index is 11.5. The molecule has 0 radical (unpaired) electrons. The lowest BCUT2D eigenvalue weighted by atomic mass is 9.90. The fourth-order valence-electron chi connectivity index (χ4n) is 2.15. The molecule has 2 aromatic rings. The largest absolute Gasteiger partial charge is 0.508 e. The highest BCUT2D eigenvalue weighted by atomic mass is 32.2. The maximum atomic E-state index is 11.5. The molecule has 2 heterocycles. The van der Waals surface area contributed by atoms with E-state index in [4.69, 9.17) is 0 Å². The predicted octanol–water partition coefficient (Wildman–Crippen LogP) is 2.35. The Morgan fingerprint density at radius 2 is 2.05 bits per heavy atom. The van der Waals surface area contributed by atoms with Gasteiger partial charge in [0.2, 0.25) is 0 Å². The van der Waals surface area contributed by atoms with Gasteiger partial charge in [0, 0.05) is 5.56 Å². The highest BCUT2D eigenvalue weighted by Crippen LogP contribution is 2.46. The van der Waals surface area contributed by atoms with Crippen molar-refractivity contribution in [1.29, 1.82) is 0 Å². The number of carboxylic acid groups (broad SMARTS) is 1. The molecule has 3 N–H and O–H groups in total. The molecule has 0 saturated carbocycles. The molecule has 7 heteroatoms. The molecule has 1 atom stereocenters. The van der Waals surface area contributed by atoms with Gasteiger partial charge in [-0.3, -0.25) is 4.79 Å². The van der Waals surface area contributed by atoms with E-state index in [0.29, 0.717) is 15.5 Å². The number of para-hydroxylation sites is 1. The molecule has 0 fully saturated rings. The Kier molecular flexibility index (Phi) is 3.15. The number of phenolic OH excluding ortho intramolecular Hbond substituents is 1. The van der Waals surface area contributed by atoms with Gasteiger partial charge in [-0.1, -0.05) is 41.3 Å². The quantitative estimate of drug-likeness (QED) is 0.792. The summed E-state index contributed by atoms with van der Waals surface area (Å²) in [7, 11) is 0. The molecule has 0 saturated heterocycles. The number of hydrogen-bond donors (Lipinski definition) is 3. The number of phenols is 1. The van der Waals surface area contributed by atoms with Crippen LogP contribution in [0.2, 0.25) is 0 Å². The average Bonchev–Trinajstić information content (AvgIpc) is 2.78. The molecule has 20 heavy (non-hydrogen) atoms. The Morgan fingerprint density at radius 1 is 1.30 bits per heavy atom. The Bertz CT molecular complexity index is 775. The fourth-order valence-corrected chi connectivity index (χ4v) is 4.22. The molecule has 1 aromatic carbocycles. The second kappa shape index (κ2) is 4.84. The SMILES string of the molecule is O=C(O)C1=CSc2[nH]c(=O)sc2[C@@H]1c1ccccc1O. The van der Waals surface area contributed by atoms with Crippen LogP contribution in [-0.2, 0) is 4.79 Å². The molecule has 1 aliphatic rings. The van der Waals surface area contributed by atoms with Crippen molar-refractivity contribution >= 4 is 29.1 Å². The van der Waals surface area contributed by atoms with Crippen LogP contribution in [0, 0.1) is 0 Å². The average molecular weight is 307 g/mol. The summed E-state index contributed by atoms with van der Waals surface area (Å²) in [6.45, 7) is 0. The Labute approximate surface area is 121 Å². The molecular formula is C13H9NO4S2. The summed E-state index contributed by atoms with van der Waals surface area (Å²) in [4.78, 5) is 26.0. The summed E-state index contributed by atoms with van der Waals surface area (Å²) >= 11 is 2.16. The normalized spacial score (nSPS) is 17.4. The number of rotatable bonds is 2. The minimum Gasteiger partial charge on any atom is -0.508 e. The minimum atomic E-state index is -1.06. The van der Waals surface area contributed by atoms with Gasteiger partial charge in [0.05, 0.1) is 21.4 Å². The van der Waals surface area contributed by atoms with E-state index in [-0.39, 0.29) is 16.2 Å². The lowest BCUT2D eigenvalue weighted by Gasteiger charge is -2.22. The van der Waals surface area contributed by atoms with Crippen molar-refractivity contribution in [3.8, 4) is 5.75 Å². The molecule has 0 unspecified atom stereocenters. The molecule has 0 amide bonds. The third-order valence-corrected chi connectivity index (χ3v) is 5.02. The van der Waals surface area contributed by atoms with Gasteiger partial charge in [-0.2, -0.15) is 0 Å². The predicted molar refractivity (Wildman–Crippen MR) is 76.5 cm³/mol. The topological polar surface area (TPSA) is 90.4 Å². The first-order valence-electron chi connectivity index (χ1n) is 5.69. The fraction of sp³-hybridized carbons (Fsp3) is 0.0769. The highest BCUT2D eigenvalue weighted by molar-refractivity contribution is 8.02. The number of thiazole rings is 1. The summed E-state index contributed by atoms with van der Waals surface area (Å²) in [6, 6.07) is 6.57. The van der Waals surface area contributed by atoms with E-state index < -0.39 is 11.9 Å². The lowest BCUT2D eigenvalue weighted by molar-refractivity contribution is -0.132. The van der Waals surface area contributed by atoms with Crippen molar-refractivity contribution in [2.75, 3.05) is 0 Å². The van der Waals surface area contributed by atoms with Crippen LogP contribution >= 0.6 is 23.1 Å². The molecule has 1 aliphatic heterocycles. The van der Waals surface area contributed by atoms with Gasteiger partial charge < -0.3 is 15.2 Å². The van der Waals surface area contributed by atoms with Crippen molar-refractivity contribution in [2.45, 2.75) is 10.9 Å². The molecule has 5 nitrogen and oxygen atoms in total. The van der Waals surface area contributed by atoms with E-state index in [2.05, 4.69) is 4.98 Å². The first-order chi connectivity index (χ1) is 9.58. The number of hydrogen-bond acceptors (Lipinski definition) is 5. The van der Waals surface area contributed by atoms with Gasteiger partial charge in [0.1, 0.15) is 5.75 Å². The summed E-state index contributed by atoms with van der Waals surface area (Å²) in [5.41, 5.74) is 0.636. The third-order valence-electron chi connectivity index (χ3n) is 3.01. The lowest BCUT2D eigenvalue weighted by Crippen LogP contribution is -2.14. The van der Waals surface area contributed by atoms with Gasteiger partial charge in [0.25, 0.3) is 0 Å². The van der Waals surface area contributed by atoms with Crippen LogP contribution in [0.5, 0.6) is 5.75 Å². The first kappa shape index (κ1) is 13.0. The van der Waals surface area contributed by atoms with Crippen molar-refractivity contribution in [2.24, 2.45) is 0 Å². The summed E-state index contributed by atoms with van der Waals surface area (Å²) in [5.74, 6) is -1.67. The van der Waals surface area contributed by atoms with Gasteiger partial charge in [0.15, 0.2) is 0 Å². The zero-order valence-electron chi connectivity index (χ0n) is 9.99. The van der Waals surface area contributed by atoms with Crippen molar-refractivity contribution < 1.29 is 15.0 Å². The number of carboxylic acids is 1. The number of fused-ring (bicyclic) bond motifs is 1. The number of aliphatic carboxylic acids is 1. The standard InChI is InChI=1S/C13H9NO4S2/c15-8-4-2-1-3-6(8)9-7(12(16)17)5-19-11-10(9)20-13(18)14-11/h1-5,9,15H,(H,14,18)(H,16,17)/t9-/m1/s1. The summed E-state index contributed by atoms with van der Waals surface area (Å²) < 4.78 is 0. The Morgan fingerprint density at radius 3 is 2.75 bits per heavy atom. The van der Waals surface area contributed by atoms with Crippen LogP contribution in [0.4, 0.5) is 0 Å². The Hall–Kier alpha value is -1.99. The van der Waals surface area contributed by atoms with Gasteiger partial charge in [-0.25, -0.2) is 4.79 Å². The monoisotopic (exact) mass is 307 g/mol. The Balaban J connectivity index is 2.23. The van der Waals surface area contributed by atoms with Crippen molar-refractivity contribution in [3.63, 3.8) is 0 Å². The molecule has 0 aliphatic carbocycles. The second-order valence-electron chi connectivity index (χ2n) is 4.20. The number of nitrogens with one attached hydrogen (secondary N) is 1. The van der Waals surface area contributed by atoms with Crippen molar-refractivity contribution in [3.05, 3.63) is 55.4 Å². The minimum absolute atomic E-state index is 0.0170. The summed E-state index contributed by atoms with van der Waals surface area (Å²) in [5, 5.41) is 21.5. The van der Waals surface area contributed by atoms with Crippen molar-refractivity contribution in [1.82, 2.24) is 4.98 Å². The smallest absolute Gasteiger partial charge is 0.333 e. The molecule has 0 bridgehead atoms. The third kappa shape index (κ3) is 2.04. The van der Waals surface area contributed by atoms with E-state index in [0.717, 1.165) is 11.3 Å². The number of H-pyrrole nitrogens is 1. The van der Waals surface area contributed by atoms with Crippen LogP contribution in [0.3, 0.4) is 0 Å². The molecule has 102 valence electrons. The number of aromatic nitrogens is 1.